The lowest BCUT2D eigenvalue weighted by Crippen LogP contribution is -2.36. The molecule has 0 saturated heterocycles. The molecule has 4 nitrogen and oxygen atoms in total. The fraction of sp³-hybridized carbons (Fsp3) is 0.474. The van der Waals surface area contributed by atoms with Gasteiger partial charge in [-0.25, -0.2) is 9.98 Å². The molecule has 0 aliphatic carbocycles. The molecule has 2 aromatic rings. The highest BCUT2D eigenvalue weighted by Crippen LogP contribution is 2.25. The molecular weight excluding hydrogens is 316 g/mol. The van der Waals surface area contributed by atoms with E-state index in [4.69, 9.17) is 4.98 Å². The van der Waals surface area contributed by atoms with Crippen LogP contribution in [-0.4, -0.2) is 17.5 Å². The SMILES string of the molecule is CCNC(=NCc1cccc(C)c1)NCc1csc(C(C)(C)C)n1. The maximum absolute atomic E-state index is 4.72. The second-order valence-electron chi connectivity index (χ2n) is 6.93. The smallest absolute Gasteiger partial charge is 0.191 e. The van der Waals surface area contributed by atoms with Gasteiger partial charge in [0.05, 0.1) is 23.8 Å². The van der Waals surface area contributed by atoms with E-state index in [0.29, 0.717) is 13.1 Å². The second-order valence-corrected chi connectivity index (χ2v) is 7.79. The van der Waals surface area contributed by atoms with Gasteiger partial charge in [-0.3, -0.25) is 0 Å². The maximum Gasteiger partial charge on any atom is 0.191 e. The Hall–Kier alpha value is -1.88. The zero-order valence-electron chi connectivity index (χ0n) is 15.3. The predicted molar refractivity (Wildman–Crippen MR) is 104 cm³/mol. The summed E-state index contributed by atoms with van der Waals surface area (Å²) < 4.78 is 0. The third kappa shape index (κ3) is 5.64. The number of aryl methyl sites for hydroxylation is 1. The number of nitrogens with one attached hydrogen (secondary N) is 2. The number of rotatable bonds is 5. The molecule has 0 unspecified atom stereocenters. The summed E-state index contributed by atoms with van der Waals surface area (Å²) in [7, 11) is 0. The summed E-state index contributed by atoms with van der Waals surface area (Å²) in [6.07, 6.45) is 0. The van der Waals surface area contributed by atoms with E-state index in [0.717, 1.165) is 18.2 Å². The van der Waals surface area contributed by atoms with Crippen LogP contribution in [0.5, 0.6) is 0 Å². The molecule has 1 aromatic heterocycles. The monoisotopic (exact) mass is 344 g/mol. The molecule has 0 aliphatic rings. The number of aromatic nitrogens is 1. The molecule has 1 aromatic carbocycles. The molecule has 0 radical (unpaired) electrons. The standard InChI is InChI=1S/C19H28N4S/c1-6-20-18(21-11-15-9-7-8-14(2)10-15)22-12-16-13-24-17(23-16)19(3,4)5/h7-10,13H,6,11-12H2,1-5H3,(H2,20,21,22). The molecule has 2 N–H and O–H groups in total. The van der Waals surface area contributed by atoms with Crippen LogP contribution in [-0.2, 0) is 18.5 Å². The molecule has 1 heterocycles. The van der Waals surface area contributed by atoms with Crippen molar-refractivity contribution in [1.29, 1.82) is 0 Å². The van der Waals surface area contributed by atoms with Crippen LogP contribution >= 0.6 is 11.3 Å². The van der Waals surface area contributed by atoms with Crippen LogP contribution in [0.25, 0.3) is 0 Å². The summed E-state index contributed by atoms with van der Waals surface area (Å²) in [5.41, 5.74) is 3.65. The fourth-order valence-electron chi connectivity index (χ4n) is 2.23. The van der Waals surface area contributed by atoms with E-state index >= 15 is 0 Å². The van der Waals surface area contributed by atoms with Crippen LogP contribution in [0.2, 0.25) is 0 Å². The number of nitrogens with zero attached hydrogens (tertiary/aromatic N) is 2. The number of guanidine groups is 1. The van der Waals surface area contributed by atoms with Gasteiger partial charge in [-0.15, -0.1) is 11.3 Å². The average Bonchev–Trinajstić information content (AvgIpc) is 2.99. The summed E-state index contributed by atoms with van der Waals surface area (Å²) >= 11 is 1.72. The first-order valence-electron chi connectivity index (χ1n) is 8.41. The Morgan fingerprint density at radius 3 is 2.67 bits per heavy atom. The fourth-order valence-corrected chi connectivity index (χ4v) is 3.14. The van der Waals surface area contributed by atoms with Crippen molar-refractivity contribution in [3.8, 4) is 0 Å². The van der Waals surface area contributed by atoms with Crippen LogP contribution in [0.1, 0.15) is 49.5 Å². The van der Waals surface area contributed by atoms with Gasteiger partial charge in [-0.05, 0) is 19.4 Å². The number of aliphatic imine (C=N–C) groups is 1. The van der Waals surface area contributed by atoms with Crippen LogP contribution in [0.4, 0.5) is 0 Å². The van der Waals surface area contributed by atoms with Crippen LogP contribution in [0.15, 0.2) is 34.6 Å². The minimum absolute atomic E-state index is 0.104. The zero-order valence-corrected chi connectivity index (χ0v) is 16.1. The van der Waals surface area contributed by atoms with Crippen molar-refractivity contribution in [3.63, 3.8) is 0 Å². The predicted octanol–water partition coefficient (Wildman–Crippen LogP) is 4.00. The van der Waals surface area contributed by atoms with Gasteiger partial charge in [0.25, 0.3) is 0 Å². The quantitative estimate of drug-likeness (QED) is 0.636. The van der Waals surface area contributed by atoms with Gasteiger partial charge in [0.15, 0.2) is 5.96 Å². The molecule has 0 amide bonds. The highest BCUT2D eigenvalue weighted by Gasteiger charge is 2.17. The Morgan fingerprint density at radius 2 is 2.04 bits per heavy atom. The molecule has 0 bridgehead atoms. The largest absolute Gasteiger partial charge is 0.357 e. The molecule has 0 fully saturated rings. The van der Waals surface area contributed by atoms with Gasteiger partial charge in [-0.2, -0.15) is 0 Å². The second kappa shape index (κ2) is 8.29. The first kappa shape index (κ1) is 18.5. The van der Waals surface area contributed by atoms with Crippen molar-refractivity contribution in [2.45, 2.75) is 53.1 Å². The average molecular weight is 345 g/mol. The first-order valence-corrected chi connectivity index (χ1v) is 9.29. The molecule has 24 heavy (non-hydrogen) atoms. The Kier molecular flexibility index (Phi) is 6.37. The number of hydrogen-bond donors (Lipinski definition) is 2. The van der Waals surface area contributed by atoms with Crippen molar-refractivity contribution < 1.29 is 0 Å². The summed E-state index contributed by atoms with van der Waals surface area (Å²) in [6.45, 7) is 12.9. The van der Waals surface area contributed by atoms with E-state index in [1.807, 2.05) is 0 Å². The Bertz CT molecular complexity index is 683. The lowest BCUT2D eigenvalue weighted by Gasteiger charge is -2.14. The van der Waals surface area contributed by atoms with E-state index < -0.39 is 0 Å². The lowest BCUT2D eigenvalue weighted by molar-refractivity contribution is 0.582. The van der Waals surface area contributed by atoms with Gasteiger partial charge < -0.3 is 10.6 Å². The van der Waals surface area contributed by atoms with E-state index in [2.05, 4.69) is 79.9 Å². The minimum Gasteiger partial charge on any atom is -0.357 e. The molecule has 5 heteroatoms. The van der Waals surface area contributed by atoms with Crippen LogP contribution in [0.3, 0.4) is 0 Å². The Labute approximate surface area is 149 Å². The molecule has 2 rings (SSSR count). The lowest BCUT2D eigenvalue weighted by atomic mass is 9.98. The van der Waals surface area contributed by atoms with Crippen LogP contribution < -0.4 is 10.6 Å². The van der Waals surface area contributed by atoms with Crippen molar-refractivity contribution >= 4 is 17.3 Å². The van der Waals surface area contributed by atoms with Gasteiger partial charge in [0.2, 0.25) is 0 Å². The third-order valence-corrected chi connectivity index (χ3v) is 4.79. The number of hydrogen-bond acceptors (Lipinski definition) is 3. The normalized spacial score (nSPS) is 12.3. The summed E-state index contributed by atoms with van der Waals surface area (Å²) in [5, 5.41) is 9.95. The summed E-state index contributed by atoms with van der Waals surface area (Å²) in [6, 6.07) is 8.45. The van der Waals surface area contributed by atoms with Gasteiger partial charge in [0.1, 0.15) is 0 Å². The zero-order chi connectivity index (χ0) is 17.6. The van der Waals surface area contributed by atoms with Gasteiger partial charge in [0, 0.05) is 17.3 Å². The Balaban J connectivity index is 1.98. The molecule has 130 valence electrons. The summed E-state index contributed by atoms with van der Waals surface area (Å²) in [4.78, 5) is 9.38. The maximum atomic E-state index is 4.72. The van der Waals surface area contributed by atoms with Crippen molar-refractivity contribution in [1.82, 2.24) is 15.6 Å². The van der Waals surface area contributed by atoms with E-state index in [-0.39, 0.29) is 5.41 Å². The topological polar surface area (TPSA) is 49.3 Å². The minimum atomic E-state index is 0.104. The van der Waals surface area contributed by atoms with Crippen molar-refractivity contribution in [3.05, 3.63) is 51.5 Å². The molecule has 0 spiro atoms. The van der Waals surface area contributed by atoms with Gasteiger partial charge >= 0.3 is 0 Å². The highest BCUT2D eigenvalue weighted by molar-refractivity contribution is 7.09. The number of thiazole rings is 1. The van der Waals surface area contributed by atoms with E-state index in [1.165, 1.54) is 16.1 Å². The molecule has 0 saturated carbocycles. The highest BCUT2D eigenvalue weighted by atomic mass is 32.1. The third-order valence-electron chi connectivity index (χ3n) is 3.48. The van der Waals surface area contributed by atoms with E-state index in [9.17, 15) is 0 Å². The van der Waals surface area contributed by atoms with Crippen LogP contribution in [0, 0.1) is 6.92 Å². The van der Waals surface area contributed by atoms with Crippen molar-refractivity contribution in [2.75, 3.05) is 6.54 Å². The molecule has 0 aliphatic heterocycles. The van der Waals surface area contributed by atoms with Crippen molar-refractivity contribution in [2.24, 2.45) is 4.99 Å². The number of benzene rings is 1. The first-order chi connectivity index (χ1) is 11.4. The molecular formula is C19H28N4S. The van der Waals surface area contributed by atoms with Gasteiger partial charge in [-0.1, -0.05) is 50.6 Å². The summed E-state index contributed by atoms with van der Waals surface area (Å²) in [5.74, 6) is 0.823. The Morgan fingerprint density at radius 1 is 1.25 bits per heavy atom. The molecule has 0 atom stereocenters. The van der Waals surface area contributed by atoms with E-state index in [1.54, 1.807) is 11.3 Å².